The zero-order chi connectivity index (χ0) is 14.5. The van der Waals surface area contributed by atoms with Crippen molar-refractivity contribution in [2.75, 3.05) is 12.4 Å². The van der Waals surface area contributed by atoms with Crippen molar-refractivity contribution in [3.8, 4) is 5.88 Å². The van der Waals surface area contributed by atoms with Gasteiger partial charge in [0.25, 0.3) is 5.91 Å². The van der Waals surface area contributed by atoms with E-state index < -0.39 is 11.9 Å². The molecule has 0 spiro atoms. The molecule has 0 bridgehead atoms. The number of nitrogens with one attached hydrogen (secondary N) is 1. The first-order chi connectivity index (χ1) is 9.60. The third kappa shape index (κ3) is 3.08. The van der Waals surface area contributed by atoms with Crippen molar-refractivity contribution >= 4 is 17.7 Å². The molecule has 1 amide bonds. The average molecular weight is 273 g/mol. The number of carbonyl (C=O) groups excluding carboxylic acids is 1. The van der Waals surface area contributed by atoms with Gasteiger partial charge in [-0.25, -0.2) is 14.8 Å². The summed E-state index contributed by atoms with van der Waals surface area (Å²) in [6, 6.07) is 7.44. The maximum atomic E-state index is 11.9. The molecular formula is C13H11N3O4. The number of hydrogen-bond acceptors (Lipinski definition) is 5. The minimum atomic E-state index is -1.16. The fraction of sp³-hybridized carbons (Fsp3) is 0.0769. The summed E-state index contributed by atoms with van der Waals surface area (Å²) in [6.45, 7) is 0. The molecule has 0 fully saturated rings. The number of aromatic nitrogens is 2. The van der Waals surface area contributed by atoms with Gasteiger partial charge in [-0.05, 0) is 18.2 Å². The Kier molecular flexibility index (Phi) is 3.90. The lowest BCUT2D eigenvalue weighted by Gasteiger charge is -2.05. The highest BCUT2D eigenvalue weighted by Gasteiger charge is 2.10. The Balaban J connectivity index is 2.14. The van der Waals surface area contributed by atoms with E-state index in [1.807, 2.05) is 0 Å². The van der Waals surface area contributed by atoms with Crippen molar-refractivity contribution in [2.45, 2.75) is 0 Å². The van der Waals surface area contributed by atoms with Crippen molar-refractivity contribution in [1.29, 1.82) is 0 Å². The maximum absolute atomic E-state index is 11.9. The second-order valence-electron chi connectivity index (χ2n) is 3.76. The van der Waals surface area contributed by atoms with Gasteiger partial charge in [-0.3, -0.25) is 4.79 Å². The molecule has 20 heavy (non-hydrogen) atoms. The topological polar surface area (TPSA) is 101 Å². The van der Waals surface area contributed by atoms with E-state index in [1.165, 1.54) is 31.5 Å². The normalized spacial score (nSPS) is 9.85. The van der Waals surface area contributed by atoms with Crippen LogP contribution < -0.4 is 10.1 Å². The van der Waals surface area contributed by atoms with Gasteiger partial charge in [0.05, 0.1) is 12.7 Å². The Labute approximate surface area is 114 Å². The first kappa shape index (κ1) is 13.5. The lowest BCUT2D eigenvalue weighted by molar-refractivity contribution is 0.0690. The molecule has 7 heteroatoms. The third-order valence-corrected chi connectivity index (χ3v) is 2.42. The quantitative estimate of drug-likeness (QED) is 0.873. The van der Waals surface area contributed by atoms with Gasteiger partial charge in [0.2, 0.25) is 5.88 Å². The largest absolute Gasteiger partial charge is 0.481 e. The first-order valence-corrected chi connectivity index (χ1v) is 5.62. The fourth-order valence-corrected chi connectivity index (χ4v) is 1.45. The van der Waals surface area contributed by atoms with Gasteiger partial charge in [0, 0.05) is 12.3 Å². The van der Waals surface area contributed by atoms with Crippen LogP contribution in [0.5, 0.6) is 5.88 Å². The number of carboxylic acids is 1. The second-order valence-corrected chi connectivity index (χ2v) is 3.76. The van der Waals surface area contributed by atoms with Crippen LogP contribution in [0, 0.1) is 0 Å². The maximum Gasteiger partial charge on any atom is 0.354 e. The van der Waals surface area contributed by atoms with Gasteiger partial charge in [-0.15, -0.1) is 0 Å². The number of rotatable bonds is 4. The predicted molar refractivity (Wildman–Crippen MR) is 69.9 cm³/mol. The van der Waals surface area contributed by atoms with Gasteiger partial charge in [0.1, 0.15) is 5.82 Å². The summed E-state index contributed by atoms with van der Waals surface area (Å²) in [5, 5.41) is 11.3. The van der Waals surface area contributed by atoms with Crippen LogP contribution in [0.15, 0.2) is 36.5 Å². The predicted octanol–water partition coefficient (Wildman–Crippen LogP) is 1.44. The molecule has 0 unspecified atom stereocenters. The van der Waals surface area contributed by atoms with Crippen LogP contribution in [0.1, 0.15) is 20.8 Å². The van der Waals surface area contributed by atoms with E-state index in [2.05, 4.69) is 15.3 Å². The number of amides is 1. The molecule has 2 aromatic rings. The summed E-state index contributed by atoms with van der Waals surface area (Å²) in [5.41, 5.74) is 0.170. The Morgan fingerprint density at radius 2 is 2.05 bits per heavy atom. The average Bonchev–Trinajstić information content (AvgIpc) is 2.47. The molecule has 2 N–H and O–H groups in total. The van der Waals surface area contributed by atoms with Gasteiger partial charge < -0.3 is 15.2 Å². The minimum absolute atomic E-state index is 0.143. The van der Waals surface area contributed by atoms with Gasteiger partial charge in [-0.2, -0.15) is 0 Å². The van der Waals surface area contributed by atoms with E-state index >= 15 is 0 Å². The standard InChI is InChI=1S/C13H11N3O4/c1-20-11-6-5-8(7-14-11)12(17)16-10-4-2-3-9(15-10)13(18)19/h2-7H,1H3,(H,18,19)(H,15,16,17). The minimum Gasteiger partial charge on any atom is -0.481 e. The summed E-state index contributed by atoms with van der Waals surface area (Å²) < 4.78 is 4.89. The van der Waals surface area contributed by atoms with Crippen molar-refractivity contribution in [3.05, 3.63) is 47.8 Å². The number of hydrogen-bond donors (Lipinski definition) is 2. The molecule has 2 aromatic heterocycles. The number of carboxylic acid groups (broad SMARTS) is 1. The zero-order valence-electron chi connectivity index (χ0n) is 10.5. The molecule has 0 atom stereocenters. The first-order valence-electron chi connectivity index (χ1n) is 5.62. The fourth-order valence-electron chi connectivity index (χ4n) is 1.45. The second kappa shape index (κ2) is 5.79. The van der Waals surface area contributed by atoms with Gasteiger partial charge >= 0.3 is 5.97 Å². The molecule has 0 aliphatic carbocycles. The van der Waals surface area contributed by atoms with Crippen LogP contribution >= 0.6 is 0 Å². The highest BCUT2D eigenvalue weighted by atomic mass is 16.5. The van der Waals surface area contributed by atoms with Gasteiger partial charge in [-0.1, -0.05) is 6.07 Å². The van der Waals surface area contributed by atoms with Crippen molar-refractivity contribution in [3.63, 3.8) is 0 Å². The van der Waals surface area contributed by atoms with Crippen LogP contribution in [-0.2, 0) is 0 Å². The molecule has 2 heterocycles. The van der Waals surface area contributed by atoms with Crippen LogP contribution in [0.2, 0.25) is 0 Å². The highest BCUT2D eigenvalue weighted by molar-refractivity contribution is 6.03. The summed E-state index contributed by atoms with van der Waals surface area (Å²) in [5.74, 6) is -1.04. The molecule has 0 aromatic carbocycles. The van der Waals surface area contributed by atoms with E-state index in [0.29, 0.717) is 11.4 Å². The number of aromatic carboxylic acids is 1. The molecule has 7 nitrogen and oxygen atoms in total. The summed E-state index contributed by atoms with van der Waals surface area (Å²) in [7, 11) is 1.48. The monoisotopic (exact) mass is 273 g/mol. The third-order valence-electron chi connectivity index (χ3n) is 2.42. The molecule has 2 rings (SSSR count). The molecule has 0 saturated heterocycles. The Bertz CT molecular complexity index is 640. The number of ether oxygens (including phenoxy) is 1. The van der Waals surface area contributed by atoms with E-state index in [4.69, 9.17) is 9.84 Å². The van der Waals surface area contributed by atoms with E-state index in [0.717, 1.165) is 0 Å². The molecular weight excluding hydrogens is 262 g/mol. The number of anilines is 1. The lowest BCUT2D eigenvalue weighted by Crippen LogP contribution is -2.14. The Hall–Kier alpha value is -2.96. The van der Waals surface area contributed by atoms with Crippen molar-refractivity contribution in [2.24, 2.45) is 0 Å². The SMILES string of the molecule is COc1ccc(C(=O)Nc2cccc(C(=O)O)n2)cn1. The number of nitrogens with zero attached hydrogens (tertiary/aromatic N) is 2. The molecule has 0 saturated carbocycles. The van der Waals surface area contributed by atoms with Crippen LogP contribution in [0.3, 0.4) is 0 Å². The summed E-state index contributed by atoms with van der Waals surface area (Å²) in [6.07, 6.45) is 1.36. The van der Waals surface area contributed by atoms with E-state index in [-0.39, 0.29) is 11.5 Å². The number of pyridine rings is 2. The van der Waals surface area contributed by atoms with E-state index in [9.17, 15) is 9.59 Å². The van der Waals surface area contributed by atoms with Crippen LogP contribution in [0.4, 0.5) is 5.82 Å². The number of methoxy groups -OCH3 is 1. The molecule has 0 aliphatic heterocycles. The van der Waals surface area contributed by atoms with Crippen molar-refractivity contribution in [1.82, 2.24) is 9.97 Å². The highest BCUT2D eigenvalue weighted by Crippen LogP contribution is 2.10. The molecule has 0 radical (unpaired) electrons. The lowest BCUT2D eigenvalue weighted by atomic mass is 10.2. The van der Waals surface area contributed by atoms with Crippen LogP contribution in [0.25, 0.3) is 0 Å². The molecule has 102 valence electrons. The smallest absolute Gasteiger partial charge is 0.354 e. The number of carbonyl (C=O) groups is 2. The van der Waals surface area contributed by atoms with Gasteiger partial charge in [0.15, 0.2) is 5.69 Å². The summed E-state index contributed by atoms with van der Waals surface area (Å²) >= 11 is 0. The summed E-state index contributed by atoms with van der Waals surface area (Å²) in [4.78, 5) is 30.4. The Morgan fingerprint density at radius 3 is 2.65 bits per heavy atom. The molecule has 0 aliphatic rings. The Morgan fingerprint density at radius 1 is 1.25 bits per heavy atom. The zero-order valence-corrected chi connectivity index (χ0v) is 10.5. The van der Waals surface area contributed by atoms with Crippen LogP contribution in [-0.4, -0.2) is 34.1 Å². The van der Waals surface area contributed by atoms with E-state index in [1.54, 1.807) is 12.1 Å². The van der Waals surface area contributed by atoms with Crippen molar-refractivity contribution < 1.29 is 19.4 Å².